The van der Waals surface area contributed by atoms with E-state index in [1.165, 1.54) is 11.8 Å². The molecule has 0 radical (unpaired) electrons. The highest BCUT2D eigenvalue weighted by Gasteiger charge is 2.41. The molecule has 0 spiro atoms. The molecular weight excluding hydrogens is 536 g/mol. The number of aromatic nitrogens is 2. The number of rotatable bonds is 4. The fourth-order valence-corrected chi connectivity index (χ4v) is 3.18. The zero-order valence-corrected chi connectivity index (χ0v) is 19.6. The van der Waals surface area contributed by atoms with E-state index in [1.807, 2.05) is 4.90 Å². The average molecular weight is 559 g/mol. The maximum absolute atomic E-state index is 12.9. The van der Waals surface area contributed by atoms with Gasteiger partial charge in [-0.2, -0.15) is 18.2 Å². The molecule has 166 valence electrons. The minimum Gasteiger partial charge on any atom is -0.347 e. The summed E-state index contributed by atoms with van der Waals surface area (Å²) in [5.41, 5.74) is 0.781. The Morgan fingerprint density at radius 1 is 1.23 bits per heavy atom. The van der Waals surface area contributed by atoms with Crippen molar-refractivity contribution in [3.05, 3.63) is 35.2 Å². The van der Waals surface area contributed by atoms with Crippen molar-refractivity contribution < 1.29 is 17.7 Å². The van der Waals surface area contributed by atoms with Gasteiger partial charge in [-0.15, -0.1) is 24.0 Å². The number of benzene rings is 1. The highest BCUT2D eigenvalue weighted by molar-refractivity contribution is 14.0. The summed E-state index contributed by atoms with van der Waals surface area (Å²) in [6.07, 6.45) is -4.22. The van der Waals surface area contributed by atoms with E-state index in [2.05, 4.69) is 20.4 Å². The van der Waals surface area contributed by atoms with E-state index in [-0.39, 0.29) is 30.5 Å². The van der Waals surface area contributed by atoms with Crippen LogP contribution in [0.3, 0.4) is 0 Å². The third kappa shape index (κ3) is 6.20. The van der Waals surface area contributed by atoms with Crippen molar-refractivity contribution in [3.8, 4) is 11.4 Å². The number of halogens is 5. The van der Waals surface area contributed by atoms with Crippen molar-refractivity contribution in [2.24, 2.45) is 4.99 Å². The van der Waals surface area contributed by atoms with Gasteiger partial charge < -0.3 is 14.7 Å². The fraction of sp³-hybridized carbons (Fsp3) is 0.500. The standard InChI is InChI=1S/C18H22ClF3N6O.HI/c1-12(18(20,21)22)27-7-9-28(10-8-27)17(23-2)24-11-15-25-16(26-29-15)13-3-5-14(19)6-4-13;/h3-6,12H,7-11H2,1-2H3,(H,23,24);1H. The van der Waals surface area contributed by atoms with Gasteiger partial charge >= 0.3 is 6.18 Å². The second-order valence-corrected chi connectivity index (χ2v) is 7.10. The van der Waals surface area contributed by atoms with Crippen LogP contribution in [0, 0.1) is 0 Å². The van der Waals surface area contributed by atoms with Gasteiger partial charge in [0.05, 0.1) is 6.54 Å². The van der Waals surface area contributed by atoms with Crippen molar-refractivity contribution >= 4 is 41.5 Å². The lowest BCUT2D eigenvalue weighted by molar-refractivity contribution is -0.181. The summed E-state index contributed by atoms with van der Waals surface area (Å²) in [6.45, 7) is 2.95. The summed E-state index contributed by atoms with van der Waals surface area (Å²) < 4.78 is 43.9. The van der Waals surface area contributed by atoms with Crippen LogP contribution < -0.4 is 5.32 Å². The van der Waals surface area contributed by atoms with Crippen molar-refractivity contribution in [2.45, 2.75) is 25.7 Å². The molecule has 1 aromatic carbocycles. The summed E-state index contributed by atoms with van der Waals surface area (Å²) in [4.78, 5) is 11.9. The number of hydrogen-bond donors (Lipinski definition) is 1. The topological polar surface area (TPSA) is 69.8 Å². The Kier molecular flexibility index (Phi) is 8.73. The summed E-state index contributed by atoms with van der Waals surface area (Å²) in [5.74, 6) is 1.40. The Bertz CT molecular complexity index is 837. The van der Waals surface area contributed by atoms with Gasteiger partial charge in [-0.25, -0.2) is 0 Å². The fourth-order valence-electron chi connectivity index (χ4n) is 3.06. The first-order valence-electron chi connectivity index (χ1n) is 9.13. The lowest BCUT2D eigenvalue weighted by Gasteiger charge is -2.39. The number of alkyl halides is 3. The van der Waals surface area contributed by atoms with E-state index >= 15 is 0 Å². The maximum Gasteiger partial charge on any atom is 0.403 e. The summed E-state index contributed by atoms with van der Waals surface area (Å²) >= 11 is 5.88. The lowest BCUT2D eigenvalue weighted by atomic mass is 10.2. The third-order valence-electron chi connectivity index (χ3n) is 4.82. The van der Waals surface area contributed by atoms with Crippen molar-refractivity contribution in [1.29, 1.82) is 0 Å². The van der Waals surface area contributed by atoms with Gasteiger partial charge in [-0.05, 0) is 31.2 Å². The molecular formula is C18H23ClF3IN6O. The molecule has 1 saturated heterocycles. The van der Waals surface area contributed by atoms with Gasteiger partial charge in [0.25, 0.3) is 0 Å². The van der Waals surface area contributed by atoms with Crippen LogP contribution in [0.4, 0.5) is 13.2 Å². The smallest absolute Gasteiger partial charge is 0.347 e. The van der Waals surface area contributed by atoms with E-state index in [0.717, 1.165) is 5.56 Å². The normalized spacial score (nSPS) is 16.9. The Morgan fingerprint density at radius 2 is 1.87 bits per heavy atom. The highest BCUT2D eigenvalue weighted by atomic mass is 127. The first-order chi connectivity index (χ1) is 13.8. The Morgan fingerprint density at radius 3 is 2.43 bits per heavy atom. The Balaban J connectivity index is 0.00000320. The molecule has 1 aliphatic rings. The van der Waals surface area contributed by atoms with E-state index < -0.39 is 12.2 Å². The summed E-state index contributed by atoms with van der Waals surface area (Å²) in [6, 6.07) is 5.62. The molecule has 3 rings (SSSR count). The molecule has 1 aromatic heterocycles. The van der Waals surface area contributed by atoms with Gasteiger partial charge in [-0.1, -0.05) is 16.8 Å². The molecule has 1 N–H and O–H groups in total. The molecule has 1 fully saturated rings. The van der Waals surface area contributed by atoms with Crippen LogP contribution in [0.25, 0.3) is 11.4 Å². The van der Waals surface area contributed by atoms with Crippen molar-refractivity contribution in [1.82, 2.24) is 25.3 Å². The van der Waals surface area contributed by atoms with Crippen LogP contribution in [-0.2, 0) is 6.54 Å². The second-order valence-electron chi connectivity index (χ2n) is 6.66. The number of guanidine groups is 1. The third-order valence-corrected chi connectivity index (χ3v) is 5.07. The maximum atomic E-state index is 12.9. The first kappa shape index (κ1) is 24.7. The largest absolute Gasteiger partial charge is 0.403 e. The van der Waals surface area contributed by atoms with Gasteiger partial charge in [0, 0.05) is 43.8 Å². The van der Waals surface area contributed by atoms with Crippen molar-refractivity contribution in [3.63, 3.8) is 0 Å². The van der Waals surface area contributed by atoms with E-state index in [0.29, 0.717) is 48.9 Å². The first-order valence-corrected chi connectivity index (χ1v) is 9.50. The second kappa shape index (κ2) is 10.6. The van der Waals surface area contributed by atoms with Crippen LogP contribution in [0.5, 0.6) is 0 Å². The minimum atomic E-state index is -4.22. The number of aliphatic imine (C=N–C) groups is 1. The van der Waals surface area contributed by atoms with Crippen LogP contribution in [-0.4, -0.2) is 71.3 Å². The molecule has 12 heteroatoms. The number of nitrogens with one attached hydrogen (secondary N) is 1. The molecule has 1 unspecified atom stereocenters. The molecule has 1 aliphatic heterocycles. The molecule has 7 nitrogen and oxygen atoms in total. The predicted molar refractivity (Wildman–Crippen MR) is 119 cm³/mol. The minimum absolute atomic E-state index is 0. The van der Waals surface area contributed by atoms with Gasteiger partial charge in [0.15, 0.2) is 5.96 Å². The van der Waals surface area contributed by atoms with E-state index in [1.54, 1.807) is 31.3 Å². The Labute approximate surface area is 194 Å². The van der Waals surface area contributed by atoms with Gasteiger partial charge in [-0.3, -0.25) is 9.89 Å². The molecule has 0 amide bonds. The average Bonchev–Trinajstić information content (AvgIpc) is 3.17. The van der Waals surface area contributed by atoms with Gasteiger partial charge in [0.2, 0.25) is 11.7 Å². The van der Waals surface area contributed by atoms with Crippen LogP contribution in [0.2, 0.25) is 5.02 Å². The van der Waals surface area contributed by atoms with Crippen LogP contribution in [0.1, 0.15) is 12.8 Å². The number of piperazine rings is 1. The van der Waals surface area contributed by atoms with Gasteiger partial charge in [0.1, 0.15) is 6.04 Å². The predicted octanol–water partition coefficient (Wildman–Crippen LogP) is 3.65. The summed E-state index contributed by atoms with van der Waals surface area (Å²) in [7, 11) is 1.63. The number of hydrogen-bond acceptors (Lipinski definition) is 5. The molecule has 0 aliphatic carbocycles. The zero-order chi connectivity index (χ0) is 21.0. The van der Waals surface area contributed by atoms with E-state index in [4.69, 9.17) is 16.1 Å². The van der Waals surface area contributed by atoms with E-state index in [9.17, 15) is 13.2 Å². The molecule has 1 atom stereocenters. The molecule has 0 saturated carbocycles. The number of nitrogens with zero attached hydrogens (tertiary/aromatic N) is 5. The molecule has 2 aromatic rings. The monoisotopic (exact) mass is 558 g/mol. The van der Waals surface area contributed by atoms with Crippen molar-refractivity contribution in [2.75, 3.05) is 33.2 Å². The zero-order valence-electron chi connectivity index (χ0n) is 16.5. The summed E-state index contributed by atoms with van der Waals surface area (Å²) in [5, 5.41) is 7.69. The van der Waals surface area contributed by atoms with Crippen LogP contribution in [0.15, 0.2) is 33.8 Å². The Hall–Kier alpha value is -1.60. The molecule has 0 bridgehead atoms. The molecule has 30 heavy (non-hydrogen) atoms. The SMILES string of the molecule is CN=C(NCc1nc(-c2ccc(Cl)cc2)no1)N1CCN(C(C)C(F)(F)F)CC1.I. The lowest BCUT2D eigenvalue weighted by Crippen LogP contribution is -2.56. The van der Waals surface area contributed by atoms with Crippen LogP contribution >= 0.6 is 35.6 Å². The highest BCUT2D eigenvalue weighted by Crippen LogP contribution is 2.25. The quantitative estimate of drug-likeness (QED) is 0.351. The molecule has 2 heterocycles.